The third-order valence-electron chi connectivity index (χ3n) is 6.29. The highest BCUT2D eigenvalue weighted by molar-refractivity contribution is 7.89. The lowest BCUT2D eigenvalue weighted by molar-refractivity contribution is 0.384. The van der Waals surface area contributed by atoms with Crippen molar-refractivity contribution < 1.29 is 12.8 Å². The maximum Gasteiger partial charge on any atom is 0.419 e. The van der Waals surface area contributed by atoms with E-state index in [-0.39, 0.29) is 10.5 Å². The van der Waals surface area contributed by atoms with Crippen molar-refractivity contribution in [1.29, 1.82) is 0 Å². The third-order valence-corrected chi connectivity index (χ3v) is 8.18. The Kier molecular flexibility index (Phi) is 4.36. The molecule has 0 N–H and O–H groups in total. The SMILES string of the molecule is Cn1c(=O)oc2cc(S(=O)(=O)N3CCN(c4nc5ccccc5n5cccc45)CC3)ccc21. The van der Waals surface area contributed by atoms with Crippen molar-refractivity contribution in [2.75, 3.05) is 31.1 Å². The number of aromatic nitrogens is 3. The van der Waals surface area contributed by atoms with Gasteiger partial charge in [-0.3, -0.25) is 4.57 Å². The van der Waals surface area contributed by atoms with E-state index in [2.05, 4.69) is 9.30 Å². The van der Waals surface area contributed by atoms with Gasteiger partial charge in [-0.05, 0) is 36.4 Å². The van der Waals surface area contributed by atoms with Crippen molar-refractivity contribution in [3.8, 4) is 0 Å². The molecule has 0 bridgehead atoms. The monoisotopic (exact) mass is 463 g/mol. The lowest BCUT2D eigenvalue weighted by Crippen LogP contribution is -2.49. The minimum atomic E-state index is -3.72. The molecule has 33 heavy (non-hydrogen) atoms. The summed E-state index contributed by atoms with van der Waals surface area (Å²) in [7, 11) is -2.13. The van der Waals surface area contributed by atoms with Crippen LogP contribution in [0.1, 0.15) is 0 Å². The summed E-state index contributed by atoms with van der Waals surface area (Å²) >= 11 is 0. The lowest BCUT2D eigenvalue weighted by atomic mass is 10.2. The van der Waals surface area contributed by atoms with Crippen molar-refractivity contribution in [2.24, 2.45) is 7.05 Å². The van der Waals surface area contributed by atoms with Gasteiger partial charge in [-0.1, -0.05) is 12.1 Å². The number of benzene rings is 2. The first kappa shape index (κ1) is 20.0. The predicted octanol–water partition coefficient (Wildman–Crippen LogP) is 2.44. The van der Waals surface area contributed by atoms with Gasteiger partial charge in [0.05, 0.1) is 27.0 Å². The minimum Gasteiger partial charge on any atom is -0.408 e. The van der Waals surface area contributed by atoms with Gasteiger partial charge in [-0.25, -0.2) is 18.2 Å². The Balaban J connectivity index is 1.29. The summed E-state index contributed by atoms with van der Waals surface area (Å²) in [6, 6.07) is 16.5. The quantitative estimate of drug-likeness (QED) is 0.408. The summed E-state index contributed by atoms with van der Waals surface area (Å²) < 4.78 is 36.7. The van der Waals surface area contributed by atoms with Crippen LogP contribution in [0.3, 0.4) is 0 Å². The first-order valence-corrected chi connectivity index (χ1v) is 12.1. The average molecular weight is 464 g/mol. The number of nitrogens with zero attached hydrogens (tertiary/aromatic N) is 5. The molecule has 0 radical (unpaired) electrons. The fourth-order valence-electron chi connectivity index (χ4n) is 4.50. The zero-order valence-corrected chi connectivity index (χ0v) is 18.7. The van der Waals surface area contributed by atoms with Crippen LogP contribution in [0, 0.1) is 0 Å². The van der Waals surface area contributed by atoms with Gasteiger partial charge < -0.3 is 13.7 Å². The van der Waals surface area contributed by atoms with E-state index in [4.69, 9.17) is 9.40 Å². The topological polar surface area (TPSA) is 93.1 Å². The van der Waals surface area contributed by atoms with E-state index in [0.717, 1.165) is 22.4 Å². The molecule has 0 atom stereocenters. The molecule has 1 saturated heterocycles. The highest BCUT2D eigenvalue weighted by atomic mass is 32.2. The molecule has 9 nitrogen and oxygen atoms in total. The molecule has 0 aliphatic carbocycles. The highest BCUT2D eigenvalue weighted by Gasteiger charge is 2.30. The van der Waals surface area contributed by atoms with Gasteiger partial charge in [0.15, 0.2) is 11.4 Å². The largest absolute Gasteiger partial charge is 0.419 e. The number of para-hydroxylation sites is 2. The number of hydrogen-bond donors (Lipinski definition) is 0. The number of sulfonamides is 1. The van der Waals surface area contributed by atoms with Crippen LogP contribution < -0.4 is 10.7 Å². The van der Waals surface area contributed by atoms with Crippen molar-refractivity contribution >= 4 is 43.5 Å². The van der Waals surface area contributed by atoms with Gasteiger partial charge in [0.2, 0.25) is 10.0 Å². The van der Waals surface area contributed by atoms with E-state index in [1.165, 1.54) is 21.0 Å². The number of piperazine rings is 1. The molecule has 4 heterocycles. The number of aryl methyl sites for hydroxylation is 1. The molecular formula is C23H21N5O4S. The molecule has 1 fully saturated rings. The van der Waals surface area contributed by atoms with Crippen LogP contribution in [0.25, 0.3) is 27.6 Å². The second-order valence-electron chi connectivity index (χ2n) is 8.14. The Hall–Kier alpha value is -3.63. The van der Waals surface area contributed by atoms with Crippen LogP contribution in [-0.2, 0) is 17.1 Å². The maximum absolute atomic E-state index is 13.3. The summed E-state index contributed by atoms with van der Waals surface area (Å²) in [5, 5.41) is 0. The molecule has 6 rings (SSSR count). The Morgan fingerprint density at radius 2 is 1.67 bits per heavy atom. The number of hydrogen-bond acceptors (Lipinski definition) is 6. The van der Waals surface area contributed by atoms with E-state index in [1.807, 2.05) is 42.6 Å². The normalized spacial score (nSPS) is 15.7. The Labute approximate surface area is 189 Å². The van der Waals surface area contributed by atoms with E-state index >= 15 is 0 Å². The minimum absolute atomic E-state index is 0.121. The number of rotatable bonds is 3. The molecule has 0 spiro atoms. The third kappa shape index (κ3) is 3.05. The average Bonchev–Trinajstić information content (AvgIpc) is 3.43. The highest BCUT2D eigenvalue weighted by Crippen LogP contribution is 2.28. The van der Waals surface area contributed by atoms with Crippen LogP contribution >= 0.6 is 0 Å². The van der Waals surface area contributed by atoms with E-state index in [1.54, 1.807) is 13.1 Å². The van der Waals surface area contributed by atoms with Gasteiger partial charge >= 0.3 is 5.76 Å². The van der Waals surface area contributed by atoms with E-state index < -0.39 is 15.8 Å². The molecule has 2 aromatic carbocycles. The van der Waals surface area contributed by atoms with Crippen LogP contribution in [-0.4, -0.2) is 52.9 Å². The zero-order valence-electron chi connectivity index (χ0n) is 17.9. The summed E-state index contributed by atoms with van der Waals surface area (Å²) in [6.07, 6.45) is 2.02. The van der Waals surface area contributed by atoms with Crippen LogP contribution in [0.5, 0.6) is 0 Å². The van der Waals surface area contributed by atoms with Gasteiger partial charge in [0.25, 0.3) is 0 Å². The Morgan fingerprint density at radius 1 is 0.909 bits per heavy atom. The molecule has 3 aromatic heterocycles. The molecule has 1 aliphatic rings. The second-order valence-corrected chi connectivity index (χ2v) is 10.1. The van der Waals surface area contributed by atoms with Crippen molar-refractivity contribution in [2.45, 2.75) is 4.90 Å². The zero-order chi connectivity index (χ0) is 22.7. The molecule has 0 unspecified atom stereocenters. The lowest BCUT2D eigenvalue weighted by Gasteiger charge is -2.35. The van der Waals surface area contributed by atoms with E-state index in [9.17, 15) is 13.2 Å². The molecule has 1 aliphatic heterocycles. The summed E-state index contributed by atoms with van der Waals surface area (Å²) in [6.45, 7) is 1.71. The molecule has 0 saturated carbocycles. The molecule has 0 amide bonds. The Morgan fingerprint density at radius 3 is 2.48 bits per heavy atom. The smallest absolute Gasteiger partial charge is 0.408 e. The van der Waals surface area contributed by atoms with Gasteiger partial charge in [0.1, 0.15) is 0 Å². The first-order chi connectivity index (χ1) is 15.9. The van der Waals surface area contributed by atoms with Gasteiger partial charge in [0, 0.05) is 45.5 Å². The number of oxazole rings is 1. The first-order valence-electron chi connectivity index (χ1n) is 10.6. The van der Waals surface area contributed by atoms with Gasteiger partial charge in [-0.15, -0.1) is 0 Å². The van der Waals surface area contributed by atoms with Crippen molar-refractivity contribution in [1.82, 2.24) is 18.3 Å². The molecular weight excluding hydrogens is 442 g/mol. The standard InChI is InChI=1S/C23H21N5O4S/c1-25-19-9-8-16(15-21(19)32-23(25)29)33(30,31)27-13-11-26(12-14-27)22-20-7-4-10-28(20)18-6-3-2-5-17(18)24-22/h2-10,15H,11-14H2,1H3. The summed E-state index contributed by atoms with van der Waals surface area (Å²) in [5.74, 6) is 0.330. The van der Waals surface area contributed by atoms with Crippen molar-refractivity contribution in [3.05, 3.63) is 71.3 Å². The van der Waals surface area contributed by atoms with Crippen LogP contribution in [0.4, 0.5) is 5.82 Å². The number of fused-ring (bicyclic) bond motifs is 4. The fourth-order valence-corrected chi connectivity index (χ4v) is 5.94. The van der Waals surface area contributed by atoms with E-state index in [0.29, 0.717) is 31.7 Å². The molecule has 10 heteroatoms. The summed E-state index contributed by atoms with van der Waals surface area (Å²) in [5.41, 5.74) is 3.74. The maximum atomic E-state index is 13.3. The van der Waals surface area contributed by atoms with Gasteiger partial charge in [-0.2, -0.15) is 4.31 Å². The fraction of sp³-hybridized carbons (Fsp3) is 0.217. The van der Waals surface area contributed by atoms with Crippen LogP contribution in [0.2, 0.25) is 0 Å². The Bertz CT molecular complexity index is 1690. The molecule has 168 valence electrons. The van der Waals surface area contributed by atoms with Crippen LogP contribution in [0.15, 0.2) is 74.9 Å². The summed E-state index contributed by atoms with van der Waals surface area (Å²) in [4.78, 5) is 18.9. The second kappa shape index (κ2) is 7.19. The van der Waals surface area contributed by atoms with Crippen molar-refractivity contribution in [3.63, 3.8) is 0 Å². The number of anilines is 1. The molecule has 5 aromatic rings. The predicted molar refractivity (Wildman–Crippen MR) is 125 cm³/mol.